The highest BCUT2D eigenvalue weighted by atomic mass is 28.4. The lowest BCUT2D eigenvalue weighted by atomic mass is 10.0. The summed E-state index contributed by atoms with van der Waals surface area (Å²) in [5.74, 6) is 3.81. The number of rotatable bonds is 28. The number of fused-ring (bicyclic) bond motifs is 2. The summed E-state index contributed by atoms with van der Waals surface area (Å²) in [6.45, 7) is 19.1. The van der Waals surface area contributed by atoms with E-state index in [0.717, 1.165) is 156 Å². The molecule has 95 heavy (non-hydrogen) atoms. The number of anilines is 2. The number of ketones is 1. The summed E-state index contributed by atoms with van der Waals surface area (Å²) in [7, 11) is -5.07. The Labute approximate surface area is 568 Å². The number of aliphatic hydroxyl groups excluding tert-OH is 1. The highest BCUT2D eigenvalue weighted by Gasteiger charge is 2.51. The van der Waals surface area contributed by atoms with Crippen LogP contribution in [0.1, 0.15) is 164 Å². The molecular formula is C80H102N8O5Si2. The molecule has 8 aromatic rings. The molecule has 7 heterocycles. The fourth-order valence-electron chi connectivity index (χ4n) is 13.0. The van der Waals surface area contributed by atoms with Crippen molar-refractivity contribution in [3.05, 3.63) is 228 Å². The van der Waals surface area contributed by atoms with Crippen LogP contribution in [0.25, 0.3) is 12.2 Å². The first-order valence-corrected chi connectivity index (χ1v) is 38.7. The van der Waals surface area contributed by atoms with Gasteiger partial charge in [0.05, 0.1) is 6.10 Å². The number of benzene rings is 4. The number of hydrogen-bond donors (Lipinski definition) is 3. The summed E-state index contributed by atoms with van der Waals surface area (Å²) < 4.78 is 18.9. The first kappa shape index (κ1) is 71.7. The molecular weight excluding hydrogens is 1210 g/mol. The van der Waals surface area contributed by atoms with Gasteiger partial charge in [0.1, 0.15) is 23.3 Å². The van der Waals surface area contributed by atoms with Gasteiger partial charge in [0.2, 0.25) is 0 Å². The SMILES string of the molecule is C1CCOC1.CC(C)(C)[Si](OCCCc1ncc(/C=C/C(=O)CCCCc2ccc3c(n2)NCCC3)cn1)(c1ccccc1)c1ccccc1.CC(C)(C)[Si](OCCCc1ncc(/C=C/[C@H](O)CCCCc2ccc3c(n2)NCCC3)cn1)(c1ccccc1)c1ccccc1. The summed E-state index contributed by atoms with van der Waals surface area (Å²) in [6.07, 6.45) is 31.1. The average molecular weight is 1310 g/mol. The molecule has 4 aromatic carbocycles. The number of aliphatic hydroxyl groups is 1. The smallest absolute Gasteiger partial charge is 0.261 e. The van der Waals surface area contributed by atoms with Crippen LogP contribution in [0.15, 0.2) is 183 Å². The second-order valence-electron chi connectivity index (χ2n) is 27.3. The molecule has 3 aliphatic rings. The van der Waals surface area contributed by atoms with E-state index in [0.29, 0.717) is 19.6 Å². The maximum atomic E-state index is 12.5. The second kappa shape index (κ2) is 36.5. The zero-order valence-corrected chi connectivity index (χ0v) is 59.3. The maximum Gasteiger partial charge on any atom is 0.261 e. The Morgan fingerprint density at radius 3 is 1.33 bits per heavy atom. The molecule has 4 aromatic heterocycles. The molecule has 0 unspecified atom stereocenters. The predicted octanol–water partition coefficient (Wildman–Crippen LogP) is 14.1. The summed E-state index contributed by atoms with van der Waals surface area (Å²) in [6, 6.07) is 51.6. The van der Waals surface area contributed by atoms with Gasteiger partial charge in [-0.15, -0.1) is 0 Å². The highest BCUT2D eigenvalue weighted by molar-refractivity contribution is 7.00. The van der Waals surface area contributed by atoms with Gasteiger partial charge >= 0.3 is 0 Å². The Morgan fingerprint density at radius 1 is 0.516 bits per heavy atom. The van der Waals surface area contributed by atoms with Crippen LogP contribution < -0.4 is 31.4 Å². The summed E-state index contributed by atoms with van der Waals surface area (Å²) >= 11 is 0. The van der Waals surface area contributed by atoms with Crippen molar-refractivity contribution in [2.75, 3.05) is 50.2 Å². The minimum atomic E-state index is -2.54. The van der Waals surface area contributed by atoms with Gasteiger partial charge in [0.25, 0.3) is 16.6 Å². The van der Waals surface area contributed by atoms with Gasteiger partial charge in [-0.3, -0.25) is 4.79 Å². The number of aryl methyl sites for hydroxylation is 6. The lowest BCUT2D eigenvalue weighted by Gasteiger charge is -2.43. The van der Waals surface area contributed by atoms with E-state index in [-0.39, 0.29) is 15.9 Å². The predicted molar refractivity (Wildman–Crippen MR) is 394 cm³/mol. The van der Waals surface area contributed by atoms with E-state index in [1.54, 1.807) is 18.5 Å². The van der Waals surface area contributed by atoms with Crippen molar-refractivity contribution in [2.24, 2.45) is 0 Å². The molecule has 0 amide bonds. The number of allylic oxidation sites excluding steroid dienone is 1. The molecule has 500 valence electrons. The van der Waals surface area contributed by atoms with Crippen molar-refractivity contribution >= 4 is 67.0 Å². The number of carbonyl (C=O) groups excluding carboxylic acids is 1. The average Bonchev–Trinajstić information content (AvgIpc) is 0.958. The second-order valence-corrected chi connectivity index (χ2v) is 35.9. The summed E-state index contributed by atoms with van der Waals surface area (Å²) in [5.41, 5.74) is 6.58. The molecule has 0 spiro atoms. The molecule has 0 bridgehead atoms. The monoisotopic (exact) mass is 1310 g/mol. The molecule has 1 fully saturated rings. The van der Waals surface area contributed by atoms with Crippen LogP contribution in [0, 0.1) is 0 Å². The Hall–Kier alpha value is -7.64. The standard InChI is InChI=1S/C38H48N4O2Si.C38H46N4O2Si.C4H8O/c2*1-38(2,3)45(34-17-6-4-7-18-34,35-19-8-5-9-20-35)44-27-13-21-36-40-28-30(29-41-36)22-25-33(43)16-11-10-15-32-24-23-31-14-12-26-39-37(31)42-32;1-2-4-5-3-1/h4-9,17-20,22-25,28-29,33,43H,10-16,21,26-27H2,1-3H3,(H,39,42);4-9,17-20,22-25,28-29H,10-16,21,26-27H2,1-3H3,(H,39,42);1-4H2/b2*25-22+;/t33-;;/m1../s1. The number of aromatic nitrogens is 6. The van der Waals surface area contributed by atoms with Crippen LogP contribution in [-0.2, 0) is 56.9 Å². The van der Waals surface area contributed by atoms with E-state index in [1.807, 2.05) is 30.6 Å². The van der Waals surface area contributed by atoms with Gasteiger partial charge in [-0.2, -0.15) is 0 Å². The van der Waals surface area contributed by atoms with Crippen molar-refractivity contribution in [1.29, 1.82) is 0 Å². The third kappa shape index (κ3) is 20.9. The van der Waals surface area contributed by atoms with Crippen LogP contribution in [-0.4, -0.2) is 103 Å². The quantitative estimate of drug-likeness (QED) is 0.0241. The number of carbonyl (C=O) groups is 1. The van der Waals surface area contributed by atoms with Crippen molar-refractivity contribution < 1.29 is 23.5 Å². The van der Waals surface area contributed by atoms with Crippen molar-refractivity contribution in [2.45, 2.75) is 173 Å². The zero-order chi connectivity index (χ0) is 66.6. The zero-order valence-electron chi connectivity index (χ0n) is 57.3. The minimum Gasteiger partial charge on any atom is -0.407 e. The molecule has 0 saturated carbocycles. The first-order chi connectivity index (χ1) is 46.2. The molecule has 1 saturated heterocycles. The van der Waals surface area contributed by atoms with Gasteiger partial charge in [0.15, 0.2) is 5.78 Å². The van der Waals surface area contributed by atoms with Gasteiger partial charge in [-0.25, -0.2) is 29.9 Å². The number of nitrogens with one attached hydrogen (secondary N) is 2. The van der Waals surface area contributed by atoms with E-state index in [9.17, 15) is 9.90 Å². The fraction of sp³-hybridized carbons (Fsp3) is 0.412. The number of pyridine rings is 2. The van der Waals surface area contributed by atoms with Gasteiger partial charge in [0, 0.05) is 106 Å². The molecule has 13 nitrogen and oxygen atoms in total. The molecule has 1 atom stereocenters. The van der Waals surface area contributed by atoms with E-state index in [1.165, 1.54) is 57.6 Å². The van der Waals surface area contributed by atoms with E-state index < -0.39 is 22.7 Å². The van der Waals surface area contributed by atoms with Gasteiger partial charge in [-0.1, -0.05) is 194 Å². The fourth-order valence-corrected chi connectivity index (χ4v) is 22.2. The van der Waals surface area contributed by atoms with Crippen molar-refractivity contribution in [3.63, 3.8) is 0 Å². The van der Waals surface area contributed by atoms with Gasteiger partial charge < -0.3 is 29.3 Å². The highest BCUT2D eigenvalue weighted by Crippen LogP contribution is 2.38. The lowest BCUT2D eigenvalue weighted by molar-refractivity contribution is -0.114. The van der Waals surface area contributed by atoms with Crippen LogP contribution in [0.3, 0.4) is 0 Å². The Bertz CT molecular complexity index is 3530. The van der Waals surface area contributed by atoms with E-state index >= 15 is 0 Å². The molecule has 15 heteroatoms. The Kier molecular flexibility index (Phi) is 27.5. The molecule has 3 N–H and O–H groups in total. The maximum absolute atomic E-state index is 12.5. The van der Waals surface area contributed by atoms with Crippen LogP contribution in [0.2, 0.25) is 10.1 Å². The largest absolute Gasteiger partial charge is 0.407 e. The normalized spacial score (nSPS) is 14.3. The number of hydrogen-bond acceptors (Lipinski definition) is 13. The summed E-state index contributed by atoms with van der Waals surface area (Å²) in [5, 5.41) is 22.4. The van der Waals surface area contributed by atoms with Crippen LogP contribution in [0.4, 0.5) is 11.6 Å². The van der Waals surface area contributed by atoms with E-state index in [4.69, 9.17) is 23.6 Å². The molecule has 3 aliphatic heterocycles. The molecule has 0 aliphatic carbocycles. The molecule has 11 rings (SSSR count). The number of nitrogens with zero attached hydrogens (tertiary/aromatic N) is 6. The third-order valence-corrected chi connectivity index (χ3v) is 28.1. The van der Waals surface area contributed by atoms with Gasteiger partial charge in [-0.05, 0) is 156 Å². The summed E-state index contributed by atoms with van der Waals surface area (Å²) in [4.78, 5) is 40.3. The number of ether oxygens (including phenoxy) is 1. The lowest BCUT2D eigenvalue weighted by Crippen LogP contribution is -2.66. The van der Waals surface area contributed by atoms with Crippen LogP contribution >= 0.6 is 0 Å². The Balaban J connectivity index is 0.000000208. The van der Waals surface area contributed by atoms with E-state index in [2.05, 4.69) is 218 Å². The molecule has 0 radical (unpaired) electrons. The first-order valence-electron chi connectivity index (χ1n) is 34.9. The third-order valence-electron chi connectivity index (χ3n) is 18.0. The van der Waals surface area contributed by atoms with Crippen LogP contribution in [0.5, 0.6) is 0 Å². The van der Waals surface area contributed by atoms with Crippen molar-refractivity contribution in [3.8, 4) is 0 Å². The number of unbranched alkanes of at least 4 members (excludes halogenated alkanes) is 2. The Morgan fingerprint density at radius 2 is 0.926 bits per heavy atom. The topological polar surface area (TPSA) is 166 Å². The minimum absolute atomic E-state index is 0.0406. The van der Waals surface area contributed by atoms with Crippen molar-refractivity contribution in [1.82, 2.24) is 29.9 Å².